The van der Waals surface area contributed by atoms with E-state index in [4.69, 9.17) is 10.6 Å². The summed E-state index contributed by atoms with van der Waals surface area (Å²) in [5.41, 5.74) is 3.67. The number of sulfone groups is 1. The van der Waals surface area contributed by atoms with Gasteiger partial charge in [-0.2, -0.15) is 0 Å². The molecule has 0 radical (unpaired) electrons. The van der Waals surface area contributed by atoms with Gasteiger partial charge < -0.3 is 4.74 Å². The van der Waals surface area contributed by atoms with E-state index in [1.165, 1.54) is 0 Å². The summed E-state index contributed by atoms with van der Waals surface area (Å²) in [6.45, 7) is 2.49. The molecule has 1 aromatic heterocycles. The number of hydrogen-bond acceptors (Lipinski definition) is 6. The van der Waals surface area contributed by atoms with Crippen molar-refractivity contribution in [3.63, 3.8) is 0 Å². The number of nitrogens with zero attached hydrogens (tertiary/aromatic N) is 1. The highest BCUT2D eigenvalue weighted by atomic mass is 32.2. The highest BCUT2D eigenvalue weighted by Gasteiger charge is 2.30. The number of ether oxygens (including phenoxy) is 1. The molecule has 6 nitrogen and oxygen atoms in total. The van der Waals surface area contributed by atoms with Gasteiger partial charge in [0.25, 0.3) is 0 Å². The second kappa shape index (κ2) is 6.51. The molecule has 1 saturated heterocycles. The lowest BCUT2D eigenvalue weighted by Gasteiger charge is -2.19. The Morgan fingerprint density at radius 3 is 2.95 bits per heavy atom. The highest BCUT2D eigenvalue weighted by molar-refractivity contribution is 7.91. The van der Waals surface area contributed by atoms with Crippen molar-refractivity contribution in [2.24, 2.45) is 11.8 Å². The highest BCUT2D eigenvalue weighted by Crippen LogP contribution is 2.29. The van der Waals surface area contributed by atoms with E-state index < -0.39 is 9.84 Å². The molecular weight excluding hydrogens is 278 g/mol. The molecule has 1 fully saturated rings. The molecule has 0 aliphatic carbocycles. The van der Waals surface area contributed by atoms with E-state index in [2.05, 4.69) is 10.4 Å². The van der Waals surface area contributed by atoms with Crippen molar-refractivity contribution in [3.05, 3.63) is 24.0 Å². The topological polar surface area (TPSA) is 94.3 Å². The second-order valence-electron chi connectivity index (χ2n) is 5.11. The van der Waals surface area contributed by atoms with Gasteiger partial charge in [0.05, 0.1) is 24.3 Å². The van der Waals surface area contributed by atoms with Gasteiger partial charge in [0.1, 0.15) is 5.75 Å². The first kappa shape index (κ1) is 15.2. The van der Waals surface area contributed by atoms with Crippen LogP contribution in [0.1, 0.15) is 31.4 Å². The lowest BCUT2D eigenvalue weighted by Crippen LogP contribution is -2.30. The summed E-state index contributed by atoms with van der Waals surface area (Å²) in [5.74, 6) is 6.99. The Hall–Kier alpha value is -1.18. The summed E-state index contributed by atoms with van der Waals surface area (Å²) >= 11 is 0. The van der Waals surface area contributed by atoms with Crippen LogP contribution in [0.3, 0.4) is 0 Å². The maximum absolute atomic E-state index is 11.5. The van der Waals surface area contributed by atoms with Crippen molar-refractivity contribution in [3.8, 4) is 5.75 Å². The van der Waals surface area contributed by atoms with Crippen LogP contribution in [0.2, 0.25) is 0 Å². The van der Waals surface area contributed by atoms with E-state index in [0.29, 0.717) is 25.2 Å². The van der Waals surface area contributed by atoms with Gasteiger partial charge in [0, 0.05) is 12.2 Å². The minimum atomic E-state index is -2.86. The van der Waals surface area contributed by atoms with Crippen LogP contribution < -0.4 is 16.0 Å². The average molecular weight is 299 g/mol. The summed E-state index contributed by atoms with van der Waals surface area (Å²) in [7, 11) is -2.86. The monoisotopic (exact) mass is 299 g/mol. The van der Waals surface area contributed by atoms with Gasteiger partial charge in [-0.15, -0.1) is 0 Å². The molecular formula is C13H21N3O3S. The van der Waals surface area contributed by atoms with Crippen LogP contribution in [0, 0.1) is 5.92 Å². The zero-order chi connectivity index (χ0) is 14.6. The van der Waals surface area contributed by atoms with E-state index in [1.807, 2.05) is 13.0 Å². The fraction of sp³-hybridized carbons (Fsp3) is 0.615. The first-order valence-electron chi connectivity index (χ1n) is 6.78. The summed E-state index contributed by atoms with van der Waals surface area (Å²) in [5, 5.41) is 0. The van der Waals surface area contributed by atoms with E-state index in [1.54, 1.807) is 12.4 Å². The quantitative estimate of drug-likeness (QED) is 0.596. The average Bonchev–Trinajstić information content (AvgIpc) is 2.76. The zero-order valence-electron chi connectivity index (χ0n) is 11.6. The fourth-order valence-corrected chi connectivity index (χ4v) is 4.44. The Balaban J connectivity index is 2.06. The molecule has 1 aliphatic rings. The Morgan fingerprint density at radius 1 is 1.55 bits per heavy atom. The number of nitrogens with one attached hydrogen (secondary N) is 1. The Labute approximate surface area is 119 Å². The third-order valence-electron chi connectivity index (χ3n) is 3.54. The molecule has 2 atom stereocenters. The van der Waals surface area contributed by atoms with Gasteiger partial charge in [-0.1, -0.05) is 0 Å². The minimum absolute atomic E-state index is 0.110. The molecule has 0 saturated carbocycles. The van der Waals surface area contributed by atoms with Gasteiger partial charge in [0.15, 0.2) is 9.84 Å². The smallest absolute Gasteiger partial charge is 0.150 e. The predicted octanol–water partition coefficient (Wildman–Crippen LogP) is 0.810. The summed E-state index contributed by atoms with van der Waals surface area (Å²) in [6, 6.07) is 1.78. The zero-order valence-corrected chi connectivity index (χ0v) is 12.4. The minimum Gasteiger partial charge on any atom is -0.492 e. The number of nitrogens with two attached hydrogens (primary N) is 1. The Bertz CT molecular complexity index is 548. The molecule has 0 spiro atoms. The van der Waals surface area contributed by atoms with Gasteiger partial charge in [-0.05, 0) is 37.3 Å². The molecule has 0 aromatic carbocycles. The summed E-state index contributed by atoms with van der Waals surface area (Å²) in [6.07, 6.45) is 4.78. The van der Waals surface area contributed by atoms with Crippen molar-refractivity contribution in [2.45, 2.75) is 25.8 Å². The summed E-state index contributed by atoms with van der Waals surface area (Å²) in [4.78, 5) is 4.14. The van der Waals surface area contributed by atoms with Gasteiger partial charge in [0.2, 0.25) is 0 Å². The number of hydrazine groups is 1. The first-order valence-corrected chi connectivity index (χ1v) is 8.60. The predicted molar refractivity (Wildman–Crippen MR) is 76.8 cm³/mol. The molecule has 20 heavy (non-hydrogen) atoms. The van der Waals surface area contributed by atoms with Crippen LogP contribution in [0.5, 0.6) is 5.75 Å². The number of pyridine rings is 1. The normalized spacial score (nSPS) is 22.6. The Morgan fingerprint density at radius 2 is 2.35 bits per heavy atom. The van der Waals surface area contributed by atoms with Crippen molar-refractivity contribution < 1.29 is 13.2 Å². The maximum Gasteiger partial charge on any atom is 0.150 e. The van der Waals surface area contributed by atoms with Gasteiger partial charge in [-0.3, -0.25) is 16.3 Å². The lowest BCUT2D eigenvalue weighted by atomic mass is 9.95. The molecule has 7 heteroatoms. The molecule has 0 bridgehead atoms. The third kappa shape index (κ3) is 3.91. The van der Waals surface area contributed by atoms with E-state index >= 15 is 0 Å². The largest absolute Gasteiger partial charge is 0.492 e. The second-order valence-corrected chi connectivity index (χ2v) is 7.34. The number of aromatic nitrogens is 1. The summed E-state index contributed by atoms with van der Waals surface area (Å²) < 4.78 is 28.4. The number of rotatable bonds is 6. The molecule has 2 rings (SSSR count). The Kier molecular flexibility index (Phi) is 4.95. The standard InChI is InChI=1S/C13H21N3O3S/c1-2-19-12-6-11(7-15-8-12)13(16-14)5-10-3-4-20(17,18)9-10/h6-8,10,13,16H,2-5,9,14H2,1H3. The fourth-order valence-electron chi connectivity index (χ4n) is 2.56. The van der Waals surface area contributed by atoms with Crippen LogP contribution in [0.25, 0.3) is 0 Å². The third-order valence-corrected chi connectivity index (χ3v) is 5.38. The molecule has 2 unspecified atom stereocenters. The van der Waals surface area contributed by atoms with Crippen molar-refractivity contribution in [1.82, 2.24) is 10.4 Å². The molecule has 3 N–H and O–H groups in total. The molecule has 1 aliphatic heterocycles. The van der Waals surface area contributed by atoms with Crippen molar-refractivity contribution in [1.29, 1.82) is 0 Å². The van der Waals surface area contributed by atoms with Crippen molar-refractivity contribution in [2.75, 3.05) is 18.1 Å². The molecule has 112 valence electrons. The van der Waals surface area contributed by atoms with Gasteiger partial charge in [-0.25, -0.2) is 8.42 Å². The van der Waals surface area contributed by atoms with E-state index in [9.17, 15) is 8.42 Å². The number of hydrogen-bond donors (Lipinski definition) is 2. The molecule has 0 amide bonds. The van der Waals surface area contributed by atoms with Crippen molar-refractivity contribution >= 4 is 9.84 Å². The SMILES string of the molecule is CCOc1cncc(C(CC2CCS(=O)(=O)C2)NN)c1. The first-order chi connectivity index (χ1) is 9.54. The van der Waals surface area contributed by atoms with Crippen LogP contribution in [0.4, 0.5) is 0 Å². The van der Waals surface area contributed by atoms with E-state index in [-0.39, 0.29) is 23.5 Å². The van der Waals surface area contributed by atoms with Crippen LogP contribution >= 0.6 is 0 Å². The van der Waals surface area contributed by atoms with Crippen LogP contribution in [0.15, 0.2) is 18.5 Å². The lowest BCUT2D eigenvalue weighted by molar-refractivity contribution is 0.337. The van der Waals surface area contributed by atoms with Crippen LogP contribution in [-0.2, 0) is 9.84 Å². The molecule has 1 aromatic rings. The maximum atomic E-state index is 11.5. The van der Waals surface area contributed by atoms with Gasteiger partial charge >= 0.3 is 0 Å². The van der Waals surface area contributed by atoms with Crippen LogP contribution in [-0.4, -0.2) is 31.5 Å². The molecule has 2 heterocycles. The van der Waals surface area contributed by atoms with E-state index in [0.717, 1.165) is 5.56 Å².